The molecule has 166 valence electrons. The molecular formula is C24H18Cl2N4O2S. The Bertz CT molecular complexity index is 1300. The van der Waals surface area contributed by atoms with E-state index in [2.05, 4.69) is 20.5 Å². The predicted octanol–water partition coefficient (Wildman–Crippen LogP) is 6.65. The summed E-state index contributed by atoms with van der Waals surface area (Å²) in [6.07, 6.45) is -0.591. The first-order chi connectivity index (χ1) is 16.1. The van der Waals surface area contributed by atoms with E-state index in [4.69, 9.17) is 32.7 Å². The lowest BCUT2D eigenvalue weighted by atomic mass is 10.1. The van der Waals surface area contributed by atoms with Gasteiger partial charge in [-0.25, -0.2) is 0 Å². The lowest BCUT2D eigenvalue weighted by Gasteiger charge is -2.21. The number of benzene rings is 3. The maximum atomic E-state index is 6.34. The van der Waals surface area contributed by atoms with Crippen molar-refractivity contribution < 1.29 is 9.47 Å². The van der Waals surface area contributed by atoms with Crippen LogP contribution in [-0.2, 0) is 5.75 Å². The van der Waals surface area contributed by atoms with Gasteiger partial charge in [-0.1, -0.05) is 65.3 Å². The molecule has 0 spiro atoms. The Kier molecular flexibility index (Phi) is 6.26. The van der Waals surface area contributed by atoms with Crippen LogP contribution in [0.3, 0.4) is 0 Å². The monoisotopic (exact) mass is 496 g/mol. The SMILES string of the molecule is COc1ccc(Cl)cc1[C@H]1Nc2ccccc2-c2nnc(SCc3ccc(Cl)cc3)nc2O1. The molecule has 0 saturated heterocycles. The fourth-order valence-electron chi connectivity index (χ4n) is 3.49. The standard InChI is InChI=1S/C24H18Cl2N4O2S/c1-31-20-11-10-16(26)12-18(20)22-27-19-5-3-2-4-17(19)21-23(32-22)28-24(30-29-21)33-13-14-6-8-15(25)9-7-14/h2-12,22,27H,13H2,1H3/t22-/m0/s1. The molecule has 0 fully saturated rings. The molecule has 0 saturated carbocycles. The molecule has 4 aromatic rings. The number of aromatic nitrogens is 3. The summed E-state index contributed by atoms with van der Waals surface area (Å²) in [4.78, 5) is 4.69. The summed E-state index contributed by atoms with van der Waals surface area (Å²) in [6, 6.07) is 20.9. The van der Waals surface area contributed by atoms with Crippen molar-refractivity contribution in [2.45, 2.75) is 17.1 Å². The van der Waals surface area contributed by atoms with Crippen LogP contribution in [0.15, 0.2) is 71.9 Å². The van der Waals surface area contributed by atoms with Gasteiger partial charge in [-0.3, -0.25) is 0 Å². The molecule has 1 N–H and O–H groups in total. The second-order valence-electron chi connectivity index (χ2n) is 7.24. The Balaban J connectivity index is 1.51. The predicted molar refractivity (Wildman–Crippen MR) is 131 cm³/mol. The van der Waals surface area contributed by atoms with Gasteiger partial charge in [0.2, 0.25) is 17.3 Å². The zero-order chi connectivity index (χ0) is 22.8. The van der Waals surface area contributed by atoms with Gasteiger partial charge in [0.1, 0.15) is 5.75 Å². The van der Waals surface area contributed by atoms with E-state index in [1.54, 1.807) is 13.2 Å². The summed E-state index contributed by atoms with van der Waals surface area (Å²) in [5, 5.41) is 14.0. The molecule has 1 aliphatic rings. The molecular weight excluding hydrogens is 479 g/mol. The summed E-state index contributed by atoms with van der Waals surface area (Å²) in [5.41, 5.74) is 4.13. The van der Waals surface area contributed by atoms with Crippen LogP contribution in [0, 0.1) is 0 Å². The number of hydrogen-bond acceptors (Lipinski definition) is 7. The van der Waals surface area contributed by atoms with Crippen LogP contribution in [0.25, 0.3) is 11.3 Å². The number of anilines is 1. The van der Waals surface area contributed by atoms with Crippen LogP contribution in [0.5, 0.6) is 11.6 Å². The highest BCUT2D eigenvalue weighted by atomic mass is 35.5. The highest BCUT2D eigenvalue weighted by Gasteiger charge is 2.28. The van der Waals surface area contributed by atoms with Crippen LogP contribution in [-0.4, -0.2) is 22.3 Å². The topological polar surface area (TPSA) is 69.2 Å². The van der Waals surface area contributed by atoms with E-state index in [-0.39, 0.29) is 0 Å². The average molecular weight is 497 g/mol. The number of nitrogens with zero attached hydrogens (tertiary/aromatic N) is 3. The van der Waals surface area contributed by atoms with Crippen molar-refractivity contribution in [1.29, 1.82) is 0 Å². The number of rotatable bonds is 5. The van der Waals surface area contributed by atoms with Gasteiger partial charge < -0.3 is 14.8 Å². The first-order valence-electron chi connectivity index (χ1n) is 10.1. The minimum Gasteiger partial charge on any atom is -0.496 e. The molecule has 2 heterocycles. The normalized spacial score (nSPS) is 14.3. The molecule has 0 amide bonds. The number of hydrogen-bond donors (Lipinski definition) is 1. The van der Waals surface area contributed by atoms with E-state index in [1.807, 2.05) is 60.7 Å². The highest BCUT2D eigenvalue weighted by molar-refractivity contribution is 7.98. The van der Waals surface area contributed by atoms with Crippen molar-refractivity contribution in [3.8, 4) is 22.9 Å². The number of nitrogens with one attached hydrogen (secondary N) is 1. The van der Waals surface area contributed by atoms with E-state index < -0.39 is 6.23 Å². The first kappa shape index (κ1) is 21.8. The van der Waals surface area contributed by atoms with Gasteiger partial charge in [-0.2, -0.15) is 4.98 Å². The Hall–Kier alpha value is -3.00. The fourth-order valence-corrected chi connectivity index (χ4v) is 4.53. The number of fused-ring (bicyclic) bond motifs is 3. The van der Waals surface area contributed by atoms with Gasteiger partial charge in [-0.15, -0.1) is 10.2 Å². The number of thioether (sulfide) groups is 1. The van der Waals surface area contributed by atoms with Crippen molar-refractivity contribution >= 4 is 40.7 Å². The van der Waals surface area contributed by atoms with Crippen molar-refractivity contribution in [2.75, 3.05) is 12.4 Å². The van der Waals surface area contributed by atoms with Crippen LogP contribution < -0.4 is 14.8 Å². The maximum Gasteiger partial charge on any atom is 0.247 e. The maximum absolute atomic E-state index is 6.34. The largest absolute Gasteiger partial charge is 0.496 e. The van der Waals surface area contributed by atoms with E-state index >= 15 is 0 Å². The summed E-state index contributed by atoms with van der Waals surface area (Å²) < 4.78 is 11.9. The van der Waals surface area contributed by atoms with Crippen LogP contribution in [0.2, 0.25) is 10.0 Å². The molecule has 1 aromatic heterocycles. The van der Waals surface area contributed by atoms with Crippen molar-refractivity contribution in [3.05, 3.63) is 87.9 Å². The highest BCUT2D eigenvalue weighted by Crippen LogP contribution is 2.41. The number of halogens is 2. The second kappa shape index (κ2) is 9.47. The summed E-state index contributed by atoms with van der Waals surface area (Å²) >= 11 is 13.7. The smallest absolute Gasteiger partial charge is 0.247 e. The van der Waals surface area contributed by atoms with Gasteiger partial charge in [0, 0.05) is 27.0 Å². The first-order valence-corrected chi connectivity index (χ1v) is 11.8. The van der Waals surface area contributed by atoms with Gasteiger partial charge in [0.05, 0.1) is 12.7 Å². The molecule has 5 rings (SSSR count). The molecule has 1 aliphatic heterocycles. The fraction of sp³-hybridized carbons (Fsp3) is 0.125. The van der Waals surface area contributed by atoms with E-state index in [0.29, 0.717) is 38.3 Å². The third-order valence-electron chi connectivity index (χ3n) is 5.09. The van der Waals surface area contributed by atoms with Gasteiger partial charge >= 0.3 is 0 Å². The molecule has 0 unspecified atom stereocenters. The molecule has 3 aromatic carbocycles. The zero-order valence-corrected chi connectivity index (χ0v) is 19.8. The summed E-state index contributed by atoms with van der Waals surface area (Å²) in [7, 11) is 1.61. The average Bonchev–Trinajstić information content (AvgIpc) is 3.00. The molecule has 0 bridgehead atoms. The Morgan fingerprint density at radius 2 is 1.79 bits per heavy atom. The third kappa shape index (κ3) is 4.71. The molecule has 6 nitrogen and oxygen atoms in total. The lowest BCUT2D eigenvalue weighted by Crippen LogP contribution is -2.18. The molecule has 0 radical (unpaired) electrons. The molecule has 0 aliphatic carbocycles. The van der Waals surface area contributed by atoms with E-state index in [1.165, 1.54) is 11.8 Å². The zero-order valence-electron chi connectivity index (χ0n) is 17.5. The van der Waals surface area contributed by atoms with Crippen LogP contribution >= 0.6 is 35.0 Å². The number of ether oxygens (including phenoxy) is 2. The quantitative estimate of drug-likeness (QED) is 0.310. The van der Waals surface area contributed by atoms with Crippen LogP contribution in [0.4, 0.5) is 5.69 Å². The third-order valence-corrected chi connectivity index (χ3v) is 6.48. The van der Waals surface area contributed by atoms with Gasteiger partial charge in [-0.05, 0) is 42.0 Å². The second-order valence-corrected chi connectivity index (χ2v) is 9.05. The minimum atomic E-state index is -0.591. The minimum absolute atomic E-state index is 0.382. The van der Waals surface area contributed by atoms with Crippen molar-refractivity contribution in [2.24, 2.45) is 0 Å². The molecule has 33 heavy (non-hydrogen) atoms. The van der Waals surface area contributed by atoms with Gasteiger partial charge in [0.15, 0.2) is 5.69 Å². The van der Waals surface area contributed by atoms with E-state index in [0.717, 1.165) is 22.4 Å². The Morgan fingerprint density at radius 1 is 1.00 bits per heavy atom. The number of para-hydroxylation sites is 1. The molecule has 9 heteroatoms. The van der Waals surface area contributed by atoms with Gasteiger partial charge in [0.25, 0.3) is 0 Å². The Labute approximate surface area is 205 Å². The Morgan fingerprint density at radius 3 is 2.61 bits per heavy atom. The summed E-state index contributed by atoms with van der Waals surface area (Å²) in [6.45, 7) is 0. The lowest BCUT2D eigenvalue weighted by molar-refractivity contribution is 0.220. The number of methoxy groups -OCH3 is 1. The van der Waals surface area contributed by atoms with Crippen LogP contribution in [0.1, 0.15) is 17.4 Å². The van der Waals surface area contributed by atoms with E-state index in [9.17, 15) is 0 Å². The van der Waals surface area contributed by atoms with Crippen molar-refractivity contribution in [1.82, 2.24) is 15.2 Å². The van der Waals surface area contributed by atoms with Crippen molar-refractivity contribution in [3.63, 3.8) is 0 Å². The molecule has 1 atom stereocenters. The summed E-state index contributed by atoms with van der Waals surface area (Å²) in [5.74, 6) is 1.71.